The van der Waals surface area contributed by atoms with Crippen LogP contribution in [0.5, 0.6) is 17.2 Å². The van der Waals surface area contributed by atoms with Gasteiger partial charge in [0.05, 0.1) is 20.8 Å². The third-order valence-electron chi connectivity index (χ3n) is 7.20. The largest absolute Gasteiger partial charge is 0.496 e. The lowest BCUT2D eigenvalue weighted by Gasteiger charge is -2.25. The monoisotopic (exact) mass is 495 g/mol. The Morgan fingerprint density at radius 3 is 2.42 bits per heavy atom. The summed E-state index contributed by atoms with van der Waals surface area (Å²) in [4.78, 5) is 16.3. The number of aromatic nitrogens is 1. The first kappa shape index (κ1) is 27.6. The molecule has 2 aromatic rings. The summed E-state index contributed by atoms with van der Waals surface area (Å²) < 4.78 is 17.9. The third-order valence-corrected chi connectivity index (χ3v) is 7.20. The number of unbranched alkanes of at least 4 members (excludes halogenated alkanes) is 2. The normalized spacial score (nSPS) is 14.5. The third kappa shape index (κ3) is 7.25. The average molecular weight is 496 g/mol. The predicted molar refractivity (Wildman–Crippen MR) is 143 cm³/mol. The predicted octanol–water partition coefficient (Wildman–Crippen LogP) is 6.95. The number of benzene rings is 1. The molecule has 0 unspecified atom stereocenters. The molecule has 0 bridgehead atoms. The van der Waals surface area contributed by atoms with Crippen molar-refractivity contribution in [2.24, 2.45) is 5.92 Å². The van der Waals surface area contributed by atoms with E-state index >= 15 is 0 Å². The summed E-state index contributed by atoms with van der Waals surface area (Å²) in [6.45, 7) is 4.55. The second kappa shape index (κ2) is 13.9. The van der Waals surface area contributed by atoms with Crippen molar-refractivity contribution in [2.75, 3.05) is 20.8 Å². The lowest BCUT2D eigenvalue weighted by Crippen LogP contribution is -2.16. The fraction of sp³-hybridized carbons (Fsp3) is 0.533. The maximum absolute atomic E-state index is 12.2. The van der Waals surface area contributed by atoms with E-state index in [-0.39, 0.29) is 0 Å². The summed E-state index contributed by atoms with van der Waals surface area (Å²) >= 11 is 0. The highest BCUT2D eigenvalue weighted by molar-refractivity contribution is 5.93. The van der Waals surface area contributed by atoms with Crippen LogP contribution >= 0.6 is 0 Å². The van der Waals surface area contributed by atoms with Gasteiger partial charge in [-0.2, -0.15) is 0 Å². The number of carboxylic acid groups (broad SMARTS) is 1. The molecule has 1 heterocycles. The molecule has 6 heteroatoms. The van der Waals surface area contributed by atoms with Crippen LogP contribution in [0.1, 0.15) is 80.0 Å². The average Bonchev–Trinajstić information content (AvgIpc) is 2.89. The van der Waals surface area contributed by atoms with Crippen molar-refractivity contribution in [3.05, 3.63) is 52.4 Å². The van der Waals surface area contributed by atoms with Crippen molar-refractivity contribution in [3.63, 3.8) is 0 Å². The van der Waals surface area contributed by atoms with Gasteiger partial charge in [0.2, 0.25) is 0 Å². The minimum absolute atomic E-state index is 0.363. The number of pyridine rings is 1. The van der Waals surface area contributed by atoms with Crippen LogP contribution in [0, 0.1) is 19.8 Å². The van der Waals surface area contributed by atoms with Crippen molar-refractivity contribution < 1.29 is 24.1 Å². The van der Waals surface area contributed by atoms with Crippen LogP contribution in [-0.2, 0) is 11.2 Å². The van der Waals surface area contributed by atoms with Gasteiger partial charge in [0.1, 0.15) is 5.75 Å². The second-order valence-electron chi connectivity index (χ2n) is 9.77. The molecule has 0 atom stereocenters. The molecule has 36 heavy (non-hydrogen) atoms. The van der Waals surface area contributed by atoms with Crippen molar-refractivity contribution in [3.8, 4) is 17.2 Å². The summed E-state index contributed by atoms with van der Waals surface area (Å²) in [5, 5.41) is 9.97. The molecule has 1 N–H and O–H groups in total. The Balaban J connectivity index is 1.79. The second-order valence-corrected chi connectivity index (χ2v) is 9.77. The number of carboxylic acids is 1. The van der Waals surface area contributed by atoms with Crippen molar-refractivity contribution in [1.29, 1.82) is 0 Å². The first-order chi connectivity index (χ1) is 17.5. The maximum atomic E-state index is 12.2. The minimum atomic E-state index is -0.909. The molecule has 196 valence electrons. The van der Waals surface area contributed by atoms with E-state index in [1.807, 2.05) is 26.1 Å². The number of hydrogen-bond donors (Lipinski definition) is 1. The highest BCUT2D eigenvalue weighted by Gasteiger charge is 2.24. The Labute approximate surface area is 215 Å². The number of aryl methyl sites for hydroxylation is 1. The molecule has 3 rings (SSSR count). The number of hydrogen-bond acceptors (Lipinski definition) is 5. The SMILES string of the molecule is COc1c(C)c(/C=C(\CCCCCc2cccnc2)C(=O)O)c(OC)c(OCC2CCCCC2)c1C. The van der Waals surface area contributed by atoms with Gasteiger partial charge in [-0.1, -0.05) is 31.7 Å². The molecule has 6 nitrogen and oxygen atoms in total. The van der Waals surface area contributed by atoms with E-state index < -0.39 is 5.97 Å². The van der Waals surface area contributed by atoms with Gasteiger partial charge in [-0.15, -0.1) is 0 Å². The van der Waals surface area contributed by atoms with Gasteiger partial charge in [0.25, 0.3) is 0 Å². The topological polar surface area (TPSA) is 77.9 Å². The molecule has 0 saturated heterocycles. The van der Waals surface area contributed by atoms with Crippen molar-refractivity contribution in [1.82, 2.24) is 4.98 Å². The minimum Gasteiger partial charge on any atom is -0.496 e. The summed E-state index contributed by atoms with van der Waals surface area (Å²) in [5.41, 5.74) is 4.02. The van der Waals surface area contributed by atoms with Crippen LogP contribution in [0.3, 0.4) is 0 Å². The van der Waals surface area contributed by atoms with E-state index in [4.69, 9.17) is 14.2 Å². The van der Waals surface area contributed by atoms with Crippen LogP contribution in [0.25, 0.3) is 6.08 Å². The van der Waals surface area contributed by atoms with Gasteiger partial charge >= 0.3 is 5.97 Å². The Kier molecular flexibility index (Phi) is 10.6. The van der Waals surface area contributed by atoms with E-state index in [1.54, 1.807) is 26.5 Å². The Morgan fingerprint density at radius 1 is 1.03 bits per heavy atom. The number of rotatable bonds is 13. The van der Waals surface area contributed by atoms with Gasteiger partial charge in [-0.25, -0.2) is 4.79 Å². The smallest absolute Gasteiger partial charge is 0.331 e. The van der Waals surface area contributed by atoms with Crippen LogP contribution in [-0.4, -0.2) is 36.9 Å². The molecule has 1 aliphatic rings. The highest BCUT2D eigenvalue weighted by atomic mass is 16.5. The fourth-order valence-electron chi connectivity index (χ4n) is 5.16. The van der Waals surface area contributed by atoms with Crippen LogP contribution in [0.2, 0.25) is 0 Å². The molecule has 1 aromatic heterocycles. The quantitative estimate of drug-likeness (QED) is 0.239. The Morgan fingerprint density at radius 2 is 1.78 bits per heavy atom. The number of aliphatic carboxylic acids is 1. The van der Waals surface area contributed by atoms with Crippen molar-refractivity contribution >= 4 is 12.0 Å². The van der Waals surface area contributed by atoms with Crippen LogP contribution in [0.15, 0.2) is 30.1 Å². The lowest BCUT2D eigenvalue weighted by atomic mass is 9.90. The molecule has 1 aromatic carbocycles. The zero-order valence-corrected chi connectivity index (χ0v) is 22.3. The van der Waals surface area contributed by atoms with Gasteiger partial charge in [0.15, 0.2) is 11.5 Å². The summed E-state index contributed by atoms with van der Waals surface area (Å²) in [6.07, 6.45) is 15.7. The number of carbonyl (C=O) groups is 1. The summed E-state index contributed by atoms with van der Waals surface area (Å²) in [7, 11) is 3.25. The molecule has 0 amide bonds. The standard InChI is InChI=1S/C30H41NO5/c1-21-26(18-25(30(32)33)16-10-6-7-12-23-15-11-17-31-19-23)29(35-4)28(22(2)27(21)34-3)36-20-24-13-8-5-9-14-24/h11,15,17-19,24H,5-10,12-14,16,20H2,1-4H3,(H,32,33)/b25-18+. The molecule has 1 aliphatic carbocycles. The Bertz CT molecular complexity index is 1030. The maximum Gasteiger partial charge on any atom is 0.331 e. The van der Waals surface area contributed by atoms with E-state index in [0.717, 1.165) is 36.8 Å². The molecule has 0 radical (unpaired) electrons. The molecule has 0 spiro atoms. The number of nitrogens with zero attached hydrogens (tertiary/aromatic N) is 1. The molecular weight excluding hydrogens is 454 g/mol. The molecule has 1 fully saturated rings. The fourth-order valence-corrected chi connectivity index (χ4v) is 5.16. The van der Waals surface area contributed by atoms with Crippen molar-refractivity contribution in [2.45, 2.75) is 78.1 Å². The van der Waals surface area contributed by atoms with E-state index in [0.29, 0.717) is 47.3 Å². The molecular formula is C30H41NO5. The van der Waals surface area contributed by atoms with Gasteiger partial charge < -0.3 is 19.3 Å². The van der Waals surface area contributed by atoms with E-state index in [2.05, 4.69) is 11.1 Å². The zero-order valence-electron chi connectivity index (χ0n) is 22.3. The Hall–Kier alpha value is -3.02. The lowest BCUT2D eigenvalue weighted by molar-refractivity contribution is -0.132. The summed E-state index contributed by atoms with van der Waals surface area (Å²) in [6, 6.07) is 4.02. The van der Waals surface area contributed by atoms with Gasteiger partial charge in [-0.3, -0.25) is 4.98 Å². The van der Waals surface area contributed by atoms with Crippen LogP contribution < -0.4 is 14.2 Å². The molecule has 0 aliphatic heterocycles. The molecule has 1 saturated carbocycles. The number of methoxy groups -OCH3 is 2. The number of ether oxygens (including phenoxy) is 3. The zero-order chi connectivity index (χ0) is 25.9. The highest BCUT2D eigenvalue weighted by Crippen LogP contribution is 2.45. The first-order valence-electron chi connectivity index (χ1n) is 13.2. The van der Waals surface area contributed by atoms with Gasteiger partial charge in [0, 0.05) is 34.7 Å². The van der Waals surface area contributed by atoms with Gasteiger partial charge in [-0.05, 0) is 76.0 Å². The van der Waals surface area contributed by atoms with E-state index in [9.17, 15) is 9.90 Å². The van der Waals surface area contributed by atoms with Crippen LogP contribution in [0.4, 0.5) is 0 Å². The van der Waals surface area contributed by atoms with E-state index in [1.165, 1.54) is 37.7 Å². The summed E-state index contributed by atoms with van der Waals surface area (Å²) in [5.74, 6) is 1.57. The first-order valence-corrected chi connectivity index (χ1v) is 13.2.